The van der Waals surface area contributed by atoms with Crippen LogP contribution in [0, 0.1) is 0 Å². The molecule has 154 valence electrons. The van der Waals surface area contributed by atoms with Gasteiger partial charge >= 0.3 is 12.1 Å². The Labute approximate surface area is 171 Å². The highest BCUT2D eigenvalue weighted by molar-refractivity contribution is 5.87. The summed E-state index contributed by atoms with van der Waals surface area (Å²) < 4.78 is 10.5. The van der Waals surface area contributed by atoms with Gasteiger partial charge in [0.05, 0.1) is 0 Å². The second-order valence-corrected chi connectivity index (χ2v) is 7.59. The molecule has 0 aliphatic heterocycles. The third kappa shape index (κ3) is 8.17. The minimum Gasteiger partial charge on any atom is -0.448 e. The zero-order valence-electron chi connectivity index (χ0n) is 17.0. The van der Waals surface area contributed by atoms with Gasteiger partial charge in [0, 0.05) is 6.42 Å². The number of carbonyl (C=O) groups is 3. The van der Waals surface area contributed by atoms with Gasteiger partial charge in [0.1, 0.15) is 12.1 Å². The Morgan fingerprint density at radius 1 is 0.931 bits per heavy atom. The second kappa shape index (κ2) is 10.4. The molecule has 1 N–H and O–H groups in total. The van der Waals surface area contributed by atoms with Crippen LogP contribution in [0.1, 0.15) is 44.4 Å². The number of amides is 1. The van der Waals surface area contributed by atoms with E-state index >= 15 is 0 Å². The number of ether oxygens (including phenoxy) is 2. The lowest BCUT2D eigenvalue weighted by molar-refractivity contribution is -0.154. The molecule has 0 fully saturated rings. The van der Waals surface area contributed by atoms with Crippen LogP contribution in [0.15, 0.2) is 60.7 Å². The molecule has 0 aliphatic carbocycles. The molecular weight excluding hydrogens is 370 g/mol. The Hall–Kier alpha value is -3.15. The number of rotatable bonds is 8. The Bertz CT molecular complexity index is 812. The fourth-order valence-corrected chi connectivity index (χ4v) is 2.62. The molecule has 0 aliphatic rings. The number of Topliss-reactive ketones (excluding diaryl/α,β-unsaturated/α-hetero) is 1. The Kier molecular flexibility index (Phi) is 7.95. The molecule has 6 heteroatoms. The third-order valence-corrected chi connectivity index (χ3v) is 3.92. The lowest BCUT2D eigenvalue weighted by Gasteiger charge is -2.20. The van der Waals surface area contributed by atoms with Crippen LogP contribution in [0.5, 0.6) is 0 Å². The summed E-state index contributed by atoms with van der Waals surface area (Å²) in [5, 5.41) is 2.35. The van der Waals surface area contributed by atoms with Crippen molar-refractivity contribution < 1.29 is 23.9 Å². The first kappa shape index (κ1) is 22.1. The SMILES string of the molecule is CC(C)(C)OC(=O)NCC(=O)OC(C(=O)CCc1ccccc1)c1ccccc1. The van der Waals surface area contributed by atoms with Crippen LogP contribution in [-0.4, -0.2) is 30.0 Å². The first-order valence-electron chi connectivity index (χ1n) is 9.52. The van der Waals surface area contributed by atoms with E-state index in [1.807, 2.05) is 36.4 Å². The quantitative estimate of drug-likeness (QED) is 0.681. The van der Waals surface area contributed by atoms with E-state index in [1.54, 1.807) is 45.0 Å². The normalized spacial score (nSPS) is 12.0. The molecule has 29 heavy (non-hydrogen) atoms. The zero-order chi connectivity index (χ0) is 21.3. The van der Waals surface area contributed by atoms with Crippen LogP contribution >= 0.6 is 0 Å². The molecule has 1 unspecified atom stereocenters. The third-order valence-electron chi connectivity index (χ3n) is 3.92. The summed E-state index contributed by atoms with van der Waals surface area (Å²) in [6.45, 7) is 4.79. The van der Waals surface area contributed by atoms with Crippen molar-refractivity contribution in [1.29, 1.82) is 0 Å². The van der Waals surface area contributed by atoms with Gasteiger partial charge in [-0.05, 0) is 38.3 Å². The van der Waals surface area contributed by atoms with E-state index in [0.717, 1.165) is 5.56 Å². The molecule has 0 radical (unpaired) electrons. The maximum atomic E-state index is 12.8. The molecular formula is C23H27NO5. The van der Waals surface area contributed by atoms with Crippen LogP contribution < -0.4 is 5.32 Å². The van der Waals surface area contributed by atoms with Crippen molar-refractivity contribution in [3.63, 3.8) is 0 Å². The topological polar surface area (TPSA) is 81.7 Å². The number of ketones is 1. The standard InChI is InChI=1S/C23H27NO5/c1-23(2,3)29-22(27)24-16-20(26)28-21(18-12-8-5-9-13-18)19(25)15-14-17-10-6-4-7-11-17/h4-13,21H,14-16H2,1-3H3,(H,24,27). The molecule has 6 nitrogen and oxygen atoms in total. The highest BCUT2D eigenvalue weighted by Gasteiger charge is 2.25. The molecule has 2 rings (SSSR count). The molecule has 0 saturated heterocycles. The lowest BCUT2D eigenvalue weighted by Crippen LogP contribution is -2.36. The van der Waals surface area contributed by atoms with Gasteiger partial charge in [-0.3, -0.25) is 9.59 Å². The summed E-state index contributed by atoms with van der Waals surface area (Å²) in [6, 6.07) is 18.5. The first-order chi connectivity index (χ1) is 13.7. The maximum absolute atomic E-state index is 12.8. The van der Waals surface area contributed by atoms with Crippen LogP contribution in [0.4, 0.5) is 4.79 Å². The maximum Gasteiger partial charge on any atom is 0.408 e. The molecule has 0 spiro atoms. The highest BCUT2D eigenvalue weighted by atomic mass is 16.6. The van der Waals surface area contributed by atoms with Crippen molar-refractivity contribution in [2.45, 2.75) is 45.3 Å². The fraction of sp³-hybridized carbons (Fsp3) is 0.348. The van der Waals surface area contributed by atoms with Crippen molar-refractivity contribution >= 4 is 17.8 Å². The predicted octanol–water partition coefficient (Wildman–Crippen LogP) is 4.00. The number of benzene rings is 2. The van der Waals surface area contributed by atoms with E-state index in [1.165, 1.54) is 0 Å². The van der Waals surface area contributed by atoms with E-state index in [4.69, 9.17) is 9.47 Å². The molecule has 0 bridgehead atoms. The Morgan fingerprint density at radius 3 is 2.10 bits per heavy atom. The predicted molar refractivity (Wildman–Crippen MR) is 109 cm³/mol. The minimum absolute atomic E-state index is 0.203. The number of hydrogen-bond acceptors (Lipinski definition) is 5. The van der Waals surface area contributed by atoms with Crippen molar-refractivity contribution in [3.05, 3.63) is 71.8 Å². The van der Waals surface area contributed by atoms with Crippen molar-refractivity contribution in [1.82, 2.24) is 5.32 Å². The van der Waals surface area contributed by atoms with E-state index in [9.17, 15) is 14.4 Å². The molecule has 0 aromatic heterocycles. The molecule has 0 saturated carbocycles. The summed E-state index contributed by atoms with van der Waals surface area (Å²) in [4.78, 5) is 36.7. The van der Waals surface area contributed by atoms with Gasteiger partial charge in [-0.25, -0.2) is 4.79 Å². The second-order valence-electron chi connectivity index (χ2n) is 7.59. The van der Waals surface area contributed by atoms with Gasteiger partial charge < -0.3 is 14.8 Å². The fourth-order valence-electron chi connectivity index (χ4n) is 2.62. The number of nitrogens with one attached hydrogen (secondary N) is 1. The summed E-state index contributed by atoms with van der Waals surface area (Å²) >= 11 is 0. The van der Waals surface area contributed by atoms with E-state index in [2.05, 4.69) is 5.32 Å². The van der Waals surface area contributed by atoms with Gasteiger partial charge in [0.2, 0.25) is 0 Å². The van der Waals surface area contributed by atoms with Crippen molar-refractivity contribution in [3.8, 4) is 0 Å². The largest absolute Gasteiger partial charge is 0.448 e. The van der Waals surface area contributed by atoms with Crippen LogP contribution in [0.3, 0.4) is 0 Å². The molecule has 1 atom stereocenters. The average molecular weight is 397 g/mol. The van der Waals surface area contributed by atoms with Gasteiger partial charge in [-0.15, -0.1) is 0 Å². The Balaban J connectivity index is 1.98. The number of aryl methyl sites for hydroxylation is 1. The van der Waals surface area contributed by atoms with Gasteiger partial charge in [-0.2, -0.15) is 0 Å². The summed E-state index contributed by atoms with van der Waals surface area (Å²) in [5.74, 6) is -0.913. The average Bonchev–Trinajstić information content (AvgIpc) is 2.69. The number of alkyl carbamates (subject to hydrolysis) is 1. The van der Waals surface area contributed by atoms with Crippen LogP contribution in [-0.2, 0) is 25.5 Å². The summed E-state index contributed by atoms with van der Waals surface area (Å²) in [7, 11) is 0. The lowest BCUT2D eigenvalue weighted by atomic mass is 10.00. The Morgan fingerprint density at radius 2 is 1.52 bits per heavy atom. The summed E-state index contributed by atoms with van der Waals surface area (Å²) in [6.07, 6.45) is -0.957. The van der Waals surface area contributed by atoms with Gasteiger partial charge in [-0.1, -0.05) is 60.7 Å². The van der Waals surface area contributed by atoms with Gasteiger partial charge in [0.25, 0.3) is 0 Å². The summed E-state index contributed by atoms with van der Waals surface area (Å²) in [5.41, 5.74) is 0.954. The molecule has 2 aromatic carbocycles. The van der Waals surface area contributed by atoms with Gasteiger partial charge in [0.15, 0.2) is 11.9 Å². The zero-order valence-corrected chi connectivity index (χ0v) is 17.0. The van der Waals surface area contributed by atoms with Crippen LogP contribution in [0.25, 0.3) is 0 Å². The number of hydrogen-bond donors (Lipinski definition) is 1. The number of esters is 1. The smallest absolute Gasteiger partial charge is 0.408 e. The van der Waals surface area contributed by atoms with E-state index < -0.39 is 23.8 Å². The minimum atomic E-state index is -1.02. The van der Waals surface area contributed by atoms with E-state index in [-0.39, 0.29) is 18.7 Å². The van der Waals surface area contributed by atoms with E-state index in [0.29, 0.717) is 12.0 Å². The van der Waals surface area contributed by atoms with Crippen LogP contribution in [0.2, 0.25) is 0 Å². The highest BCUT2D eigenvalue weighted by Crippen LogP contribution is 2.21. The number of carbonyl (C=O) groups excluding carboxylic acids is 3. The monoisotopic (exact) mass is 397 g/mol. The molecule has 2 aromatic rings. The first-order valence-corrected chi connectivity index (χ1v) is 9.52. The van der Waals surface area contributed by atoms with Crippen molar-refractivity contribution in [2.75, 3.05) is 6.54 Å². The van der Waals surface area contributed by atoms with Crippen molar-refractivity contribution in [2.24, 2.45) is 0 Å². The molecule has 1 amide bonds. The molecule has 0 heterocycles.